The topological polar surface area (TPSA) is 44.9 Å². The van der Waals surface area contributed by atoms with Gasteiger partial charge < -0.3 is 10.3 Å². The van der Waals surface area contributed by atoms with Crippen LogP contribution >= 0.6 is 11.6 Å². The van der Waals surface area contributed by atoms with E-state index in [1.165, 1.54) is 0 Å². The van der Waals surface area contributed by atoms with E-state index in [2.05, 4.69) is 10.3 Å². The van der Waals surface area contributed by atoms with Crippen molar-refractivity contribution in [2.24, 2.45) is 0 Å². The number of hydrogen-bond acceptors (Lipinski definition) is 1. The summed E-state index contributed by atoms with van der Waals surface area (Å²) in [6, 6.07) is 15.5. The second-order valence-electron chi connectivity index (χ2n) is 4.94. The van der Waals surface area contributed by atoms with Crippen molar-refractivity contribution in [1.82, 2.24) is 10.3 Å². The fourth-order valence-electron chi connectivity index (χ4n) is 2.30. The van der Waals surface area contributed by atoms with Crippen LogP contribution in [0.4, 0.5) is 0 Å². The van der Waals surface area contributed by atoms with Crippen LogP contribution in [-0.4, -0.2) is 10.9 Å². The molecular formula is C17H15ClN2O. The molecule has 0 aliphatic rings. The van der Waals surface area contributed by atoms with Crippen LogP contribution in [0.25, 0.3) is 10.9 Å². The number of nitrogens with one attached hydrogen (secondary N) is 2. The van der Waals surface area contributed by atoms with Gasteiger partial charge in [0.25, 0.3) is 0 Å². The lowest BCUT2D eigenvalue weighted by molar-refractivity contribution is -0.120. The van der Waals surface area contributed by atoms with Crippen LogP contribution in [0, 0.1) is 0 Å². The van der Waals surface area contributed by atoms with Gasteiger partial charge in [-0.25, -0.2) is 0 Å². The van der Waals surface area contributed by atoms with Crippen molar-refractivity contribution < 1.29 is 4.79 Å². The predicted molar refractivity (Wildman–Crippen MR) is 85.3 cm³/mol. The van der Waals surface area contributed by atoms with Gasteiger partial charge >= 0.3 is 0 Å². The van der Waals surface area contributed by atoms with Gasteiger partial charge in [-0.1, -0.05) is 35.9 Å². The van der Waals surface area contributed by atoms with Crippen molar-refractivity contribution in [2.75, 3.05) is 0 Å². The van der Waals surface area contributed by atoms with E-state index < -0.39 is 0 Å². The van der Waals surface area contributed by atoms with Crippen molar-refractivity contribution in [1.29, 1.82) is 0 Å². The van der Waals surface area contributed by atoms with Crippen LogP contribution in [-0.2, 0) is 17.8 Å². The Hall–Kier alpha value is -2.26. The monoisotopic (exact) mass is 298 g/mol. The molecule has 0 unspecified atom stereocenters. The predicted octanol–water partition coefficient (Wildman–Crippen LogP) is 3.68. The van der Waals surface area contributed by atoms with E-state index >= 15 is 0 Å². The summed E-state index contributed by atoms with van der Waals surface area (Å²) in [5.74, 6) is -0.00944. The van der Waals surface area contributed by atoms with Gasteiger partial charge in [0.1, 0.15) is 0 Å². The van der Waals surface area contributed by atoms with Gasteiger partial charge in [-0.2, -0.15) is 0 Å². The van der Waals surface area contributed by atoms with Crippen molar-refractivity contribution in [3.8, 4) is 0 Å². The molecule has 0 radical (unpaired) electrons. The number of benzene rings is 2. The zero-order chi connectivity index (χ0) is 14.7. The Morgan fingerprint density at radius 3 is 2.86 bits per heavy atom. The van der Waals surface area contributed by atoms with Gasteiger partial charge in [-0.3, -0.25) is 4.79 Å². The molecule has 0 aliphatic heterocycles. The highest BCUT2D eigenvalue weighted by atomic mass is 35.5. The van der Waals surface area contributed by atoms with E-state index in [9.17, 15) is 4.79 Å². The summed E-state index contributed by atoms with van der Waals surface area (Å²) in [5.41, 5.74) is 3.00. The van der Waals surface area contributed by atoms with Gasteiger partial charge in [0.2, 0.25) is 5.91 Å². The first-order chi connectivity index (χ1) is 10.2. The summed E-state index contributed by atoms with van der Waals surface area (Å²) >= 11 is 6.07. The van der Waals surface area contributed by atoms with Crippen LogP contribution in [0.3, 0.4) is 0 Å². The molecule has 4 heteroatoms. The quantitative estimate of drug-likeness (QED) is 0.758. The average molecular weight is 299 g/mol. The number of H-pyrrole nitrogens is 1. The molecule has 0 saturated heterocycles. The molecule has 1 heterocycles. The minimum absolute atomic E-state index is 0.00944. The molecule has 0 fully saturated rings. The van der Waals surface area contributed by atoms with E-state index in [1.54, 1.807) is 0 Å². The Bertz CT molecular complexity index is 779. The van der Waals surface area contributed by atoms with Crippen molar-refractivity contribution >= 4 is 28.4 Å². The van der Waals surface area contributed by atoms with Crippen molar-refractivity contribution in [2.45, 2.75) is 13.0 Å². The molecule has 21 heavy (non-hydrogen) atoms. The fraction of sp³-hybridized carbons (Fsp3) is 0.118. The molecule has 106 valence electrons. The average Bonchev–Trinajstić information content (AvgIpc) is 2.94. The number of carbonyl (C=O) groups is 1. The molecule has 0 saturated carbocycles. The van der Waals surface area contributed by atoms with Gasteiger partial charge in [-0.05, 0) is 40.8 Å². The highest BCUT2D eigenvalue weighted by Gasteiger charge is 2.06. The first-order valence-electron chi connectivity index (χ1n) is 6.78. The Kier molecular flexibility index (Phi) is 3.93. The number of rotatable bonds is 4. The SMILES string of the molecule is O=C(Cc1ccc2[nH]ccc2c1)NCc1ccccc1Cl. The number of carbonyl (C=O) groups excluding carboxylic acids is 1. The van der Waals surface area contributed by atoms with Crippen LogP contribution < -0.4 is 5.32 Å². The summed E-state index contributed by atoms with van der Waals surface area (Å²) in [7, 11) is 0. The van der Waals surface area contributed by atoms with E-state index in [1.807, 2.05) is 54.7 Å². The number of aromatic nitrogens is 1. The van der Waals surface area contributed by atoms with Crippen molar-refractivity contribution in [3.63, 3.8) is 0 Å². The highest BCUT2D eigenvalue weighted by molar-refractivity contribution is 6.31. The maximum atomic E-state index is 12.0. The molecule has 3 nitrogen and oxygen atoms in total. The summed E-state index contributed by atoms with van der Waals surface area (Å²) in [4.78, 5) is 15.1. The molecule has 0 spiro atoms. The van der Waals surface area contributed by atoms with Crippen LogP contribution in [0.2, 0.25) is 5.02 Å². The van der Waals surface area contributed by atoms with Crippen molar-refractivity contribution in [3.05, 3.63) is 70.9 Å². The van der Waals surface area contributed by atoms with Crippen LogP contribution in [0.1, 0.15) is 11.1 Å². The molecule has 2 aromatic carbocycles. The van der Waals surface area contributed by atoms with E-state index in [-0.39, 0.29) is 5.91 Å². The molecular weight excluding hydrogens is 284 g/mol. The molecule has 0 bridgehead atoms. The maximum absolute atomic E-state index is 12.0. The molecule has 1 aromatic heterocycles. The van der Waals surface area contributed by atoms with Gasteiger partial charge in [0.15, 0.2) is 0 Å². The Morgan fingerprint density at radius 1 is 1.14 bits per heavy atom. The van der Waals surface area contributed by atoms with E-state index in [0.29, 0.717) is 18.0 Å². The second kappa shape index (κ2) is 6.02. The minimum Gasteiger partial charge on any atom is -0.361 e. The van der Waals surface area contributed by atoms with Gasteiger partial charge in [0.05, 0.1) is 6.42 Å². The zero-order valence-corrected chi connectivity index (χ0v) is 12.2. The standard InChI is InChI=1S/C17H15ClN2O/c18-15-4-2-1-3-14(15)11-20-17(21)10-12-5-6-16-13(9-12)7-8-19-16/h1-9,19H,10-11H2,(H,20,21). The third-order valence-electron chi connectivity index (χ3n) is 3.42. The summed E-state index contributed by atoms with van der Waals surface area (Å²) in [6.07, 6.45) is 2.26. The summed E-state index contributed by atoms with van der Waals surface area (Å²) < 4.78 is 0. The normalized spacial score (nSPS) is 10.7. The largest absolute Gasteiger partial charge is 0.361 e. The van der Waals surface area contributed by atoms with Crippen LogP contribution in [0.5, 0.6) is 0 Å². The van der Waals surface area contributed by atoms with Gasteiger partial charge in [0, 0.05) is 23.3 Å². The molecule has 1 amide bonds. The molecule has 0 atom stereocenters. The summed E-state index contributed by atoms with van der Waals surface area (Å²) in [6.45, 7) is 0.449. The van der Waals surface area contributed by atoms with E-state index in [4.69, 9.17) is 11.6 Å². The third kappa shape index (κ3) is 3.26. The Labute approximate surface area is 127 Å². The number of aromatic amines is 1. The van der Waals surface area contributed by atoms with Gasteiger partial charge in [-0.15, -0.1) is 0 Å². The lowest BCUT2D eigenvalue weighted by atomic mass is 10.1. The zero-order valence-electron chi connectivity index (χ0n) is 11.4. The molecule has 0 aliphatic carbocycles. The molecule has 3 aromatic rings. The number of fused-ring (bicyclic) bond motifs is 1. The molecule has 3 rings (SSSR count). The molecule has 2 N–H and O–H groups in total. The lowest BCUT2D eigenvalue weighted by Crippen LogP contribution is -2.24. The number of amides is 1. The lowest BCUT2D eigenvalue weighted by Gasteiger charge is -2.07. The maximum Gasteiger partial charge on any atom is 0.224 e. The highest BCUT2D eigenvalue weighted by Crippen LogP contribution is 2.16. The van der Waals surface area contributed by atoms with Crippen LogP contribution in [0.15, 0.2) is 54.7 Å². The Morgan fingerprint density at radius 2 is 2.00 bits per heavy atom. The number of halogens is 1. The number of hydrogen-bond donors (Lipinski definition) is 2. The summed E-state index contributed by atoms with van der Waals surface area (Å²) in [5, 5.41) is 4.69. The first kappa shape index (κ1) is 13.7. The smallest absolute Gasteiger partial charge is 0.224 e. The fourth-order valence-corrected chi connectivity index (χ4v) is 2.50. The third-order valence-corrected chi connectivity index (χ3v) is 3.78. The van der Waals surface area contributed by atoms with E-state index in [0.717, 1.165) is 22.0 Å². The minimum atomic E-state index is -0.00944. The Balaban J connectivity index is 1.62. The first-order valence-corrected chi connectivity index (χ1v) is 7.16. The second-order valence-corrected chi connectivity index (χ2v) is 5.35.